The van der Waals surface area contributed by atoms with Gasteiger partial charge in [-0.05, 0) is 37.1 Å². The second kappa shape index (κ2) is 5.65. The molecule has 4 nitrogen and oxygen atoms in total. The topological polar surface area (TPSA) is 64.3 Å². The van der Waals surface area contributed by atoms with Crippen molar-refractivity contribution in [3.05, 3.63) is 35.4 Å². The number of carbonyl (C=O) groups is 1. The zero-order valence-electron chi connectivity index (χ0n) is 10.2. The molecule has 1 unspecified atom stereocenters. The number of likely N-dealkylation sites (tertiary alicyclic amines) is 1. The highest BCUT2D eigenvalue weighted by Crippen LogP contribution is 2.18. The van der Waals surface area contributed by atoms with E-state index in [1.165, 1.54) is 0 Å². The van der Waals surface area contributed by atoms with E-state index in [-0.39, 0.29) is 5.92 Å². The Morgan fingerprint density at radius 3 is 2.78 bits per heavy atom. The van der Waals surface area contributed by atoms with Gasteiger partial charge in [-0.25, -0.2) is 0 Å². The third kappa shape index (κ3) is 3.08. The van der Waals surface area contributed by atoms with Gasteiger partial charge in [-0.2, -0.15) is 5.26 Å². The maximum absolute atomic E-state index is 11.0. The SMILES string of the molecule is N#Cc1ccc(CN2CCCC(C(=O)O)C2)cc1. The average molecular weight is 244 g/mol. The van der Waals surface area contributed by atoms with Gasteiger partial charge in [0.05, 0.1) is 17.6 Å². The van der Waals surface area contributed by atoms with Crippen LogP contribution in [0, 0.1) is 17.2 Å². The van der Waals surface area contributed by atoms with Gasteiger partial charge < -0.3 is 5.11 Å². The molecule has 18 heavy (non-hydrogen) atoms. The first-order chi connectivity index (χ1) is 8.69. The molecule has 1 aromatic carbocycles. The lowest BCUT2D eigenvalue weighted by Crippen LogP contribution is -2.38. The number of rotatable bonds is 3. The van der Waals surface area contributed by atoms with Gasteiger partial charge in [-0.1, -0.05) is 12.1 Å². The number of carboxylic acid groups (broad SMARTS) is 1. The maximum atomic E-state index is 11.0. The predicted octanol–water partition coefficient (Wildman–Crippen LogP) is 1.85. The number of nitrogens with zero attached hydrogens (tertiary/aromatic N) is 2. The highest BCUT2D eigenvalue weighted by atomic mass is 16.4. The molecule has 0 amide bonds. The van der Waals surface area contributed by atoms with Crippen LogP contribution >= 0.6 is 0 Å². The van der Waals surface area contributed by atoms with E-state index < -0.39 is 5.97 Å². The van der Waals surface area contributed by atoms with Crippen molar-refractivity contribution in [2.45, 2.75) is 19.4 Å². The van der Waals surface area contributed by atoms with Gasteiger partial charge in [-0.3, -0.25) is 9.69 Å². The van der Waals surface area contributed by atoms with E-state index in [1.54, 1.807) is 12.1 Å². The smallest absolute Gasteiger partial charge is 0.307 e. The molecule has 1 N–H and O–H groups in total. The van der Waals surface area contributed by atoms with Gasteiger partial charge in [0, 0.05) is 13.1 Å². The van der Waals surface area contributed by atoms with Crippen LogP contribution in [0.2, 0.25) is 0 Å². The molecule has 0 radical (unpaired) electrons. The lowest BCUT2D eigenvalue weighted by atomic mass is 9.98. The van der Waals surface area contributed by atoms with E-state index in [0.717, 1.165) is 31.5 Å². The third-order valence-corrected chi connectivity index (χ3v) is 3.34. The molecular weight excluding hydrogens is 228 g/mol. The summed E-state index contributed by atoms with van der Waals surface area (Å²) in [6.07, 6.45) is 1.71. The predicted molar refractivity (Wildman–Crippen MR) is 66.8 cm³/mol. The van der Waals surface area contributed by atoms with E-state index in [4.69, 9.17) is 10.4 Å². The molecule has 1 heterocycles. The summed E-state index contributed by atoms with van der Waals surface area (Å²) >= 11 is 0. The third-order valence-electron chi connectivity index (χ3n) is 3.34. The largest absolute Gasteiger partial charge is 0.481 e. The molecule has 0 bridgehead atoms. The Hall–Kier alpha value is -1.86. The Labute approximate surface area is 106 Å². The summed E-state index contributed by atoms with van der Waals surface area (Å²) in [5.41, 5.74) is 1.78. The maximum Gasteiger partial charge on any atom is 0.307 e. The minimum Gasteiger partial charge on any atom is -0.481 e. The van der Waals surface area contributed by atoms with Gasteiger partial charge in [0.1, 0.15) is 0 Å². The van der Waals surface area contributed by atoms with Crippen LogP contribution in [0.25, 0.3) is 0 Å². The van der Waals surface area contributed by atoms with Crippen LogP contribution in [0.5, 0.6) is 0 Å². The van der Waals surface area contributed by atoms with Crippen LogP contribution in [0.1, 0.15) is 24.0 Å². The van der Waals surface area contributed by atoms with Gasteiger partial charge in [0.15, 0.2) is 0 Å². The summed E-state index contributed by atoms with van der Waals surface area (Å²) in [6.45, 7) is 2.33. The molecule has 1 atom stereocenters. The van der Waals surface area contributed by atoms with Crippen LogP contribution in [0.3, 0.4) is 0 Å². The van der Waals surface area contributed by atoms with Crippen LogP contribution in [-0.2, 0) is 11.3 Å². The van der Waals surface area contributed by atoms with Crippen molar-refractivity contribution >= 4 is 5.97 Å². The van der Waals surface area contributed by atoms with E-state index in [0.29, 0.717) is 12.1 Å². The minimum absolute atomic E-state index is 0.239. The number of hydrogen-bond acceptors (Lipinski definition) is 3. The second-order valence-corrected chi connectivity index (χ2v) is 4.72. The summed E-state index contributed by atoms with van der Waals surface area (Å²) in [6, 6.07) is 9.55. The standard InChI is InChI=1S/C14H16N2O2/c15-8-11-3-5-12(6-4-11)9-16-7-1-2-13(10-16)14(17)18/h3-6,13H,1-2,7,9-10H2,(H,17,18). The molecule has 2 rings (SSSR count). The Morgan fingerprint density at radius 2 is 2.17 bits per heavy atom. The van der Waals surface area contributed by atoms with Gasteiger partial charge in [-0.15, -0.1) is 0 Å². The number of piperidine rings is 1. The van der Waals surface area contributed by atoms with Crippen molar-refractivity contribution in [1.82, 2.24) is 4.90 Å². The minimum atomic E-state index is -0.695. The second-order valence-electron chi connectivity index (χ2n) is 4.72. The lowest BCUT2D eigenvalue weighted by molar-refractivity contribution is -0.143. The van der Waals surface area contributed by atoms with Gasteiger partial charge >= 0.3 is 5.97 Å². The number of carboxylic acids is 1. The normalized spacial score (nSPS) is 20.3. The van der Waals surface area contributed by atoms with Crippen molar-refractivity contribution in [3.8, 4) is 6.07 Å². The molecule has 4 heteroatoms. The van der Waals surface area contributed by atoms with Crippen molar-refractivity contribution in [2.24, 2.45) is 5.92 Å². The zero-order valence-corrected chi connectivity index (χ0v) is 10.2. The summed E-state index contributed by atoms with van der Waals surface area (Å²) in [5, 5.41) is 17.7. The summed E-state index contributed by atoms with van der Waals surface area (Å²) < 4.78 is 0. The fraction of sp³-hybridized carbons (Fsp3) is 0.429. The quantitative estimate of drug-likeness (QED) is 0.881. The molecule has 94 valence electrons. The van der Waals surface area contributed by atoms with E-state index >= 15 is 0 Å². The molecule has 0 spiro atoms. The first-order valence-electron chi connectivity index (χ1n) is 6.13. The highest BCUT2D eigenvalue weighted by Gasteiger charge is 2.25. The summed E-state index contributed by atoms with van der Waals surface area (Å²) in [5.74, 6) is -0.934. The zero-order chi connectivity index (χ0) is 13.0. The number of aliphatic carboxylic acids is 1. The lowest BCUT2D eigenvalue weighted by Gasteiger charge is -2.30. The van der Waals surface area contributed by atoms with Crippen LogP contribution in [0.4, 0.5) is 0 Å². The molecule has 1 aliphatic heterocycles. The Balaban J connectivity index is 1.96. The Kier molecular flexibility index (Phi) is 3.96. The molecule has 0 aliphatic carbocycles. The van der Waals surface area contributed by atoms with E-state index in [2.05, 4.69) is 11.0 Å². The first kappa shape index (κ1) is 12.6. The fourth-order valence-electron chi connectivity index (χ4n) is 2.34. The molecule has 0 aromatic heterocycles. The van der Waals surface area contributed by atoms with E-state index in [9.17, 15) is 4.79 Å². The van der Waals surface area contributed by atoms with Crippen molar-refractivity contribution in [1.29, 1.82) is 5.26 Å². The molecule has 1 aromatic rings. The Bertz CT molecular complexity index is 462. The fourth-order valence-corrected chi connectivity index (χ4v) is 2.34. The van der Waals surface area contributed by atoms with Gasteiger partial charge in [0.25, 0.3) is 0 Å². The van der Waals surface area contributed by atoms with Gasteiger partial charge in [0.2, 0.25) is 0 Å². The van der Waals surface area contributed by atoms with Crippen LogP contribution < -0.4 is 0 Å². The molecule has 0 saturated carbocycles. The molecule has 1 aliphatic rings. The number of nitriles is 1. The highest BCUT2D eigenvalue weighted by molar-refractivity contribution is 5.70. The first-order valence-corrected chi connectivity index (χ1v) is 6.13. The number of hydrogen-bond donors (Lipinski definition) is 1. The van der Waals surface area contributed by atoms with Crippen LogP contribution in [-0.4, -0.2) is 29.1 Å². The van der Waals surface area contributed by atoms with Crippen molar-refractivity contribution in [2.75, 3.05) is 13.1 Å². The van der Waals surface area contributed by atoms with Crippen molar-refractivity contribution < 1.29 is 9.90 Å². The summed E-state index contributed by atoms with van der Waals surface area (Å²) in [4.78, 5) is 13.1. The average Bonchev–Trinajstić information content (AvgIpc) is 2.40. The van der Waals surface area contributed by atoms with Crippen LogP contribution in [0.15, 0.2) is 24.3 Å². The molecule has 1 fully saturated rings. The molecular formula is C14H16N2O2. The Morgan fingerprint density at radius 1 is 1.44 bits per heavy atom. The van der Waals surface area contributed by atoms with Crippen molar-refractivity contribution in [3.63, 3.8) is 0 Å². The number of benzene rings is 1. The molecule has 1 saturated heterocycles. The summed E-state index contributed by atoms with van der Waals surface area (Å²) in [7, 11) is 0. The van der Waals surface area contributed by atoms with E-state index in [1.807, 2.05) is 12.1 Å². The monoisotopic (exact) mass is 244 g/mol.